The third kappa shape index (κ3) is 3.72. The van der Waals surface area contributed by atoms with Crippen molar-refractivity contribution >= 4 is 12.0 Å². The fourth-order valence-corrected chi connectivity index (χ4v) is 2.69. The molecule has 0 radical (unpaired) electrons. The Labute approximate surface area is 125 Å². The molecule has 2 amide bonds. The highest BCUT2D eigenvalue weighted by molar-refractivity contribution is 5.87. The molecule has 1 aromatic rings. The van der Waals surface area contributed by atoms with Crippen LogP contribution < -0.4 is 5.32 Å². The zero-order valence-corrected chi connectivity index (χ0v) is 13.3. The third-order valence-electron chi connectivity index (χ3n) is 4.10. The van der Waals surface area contributed by atoms with Gasteiger partial charge in [0.2, 0.25) is 5.95 Å². The predicted molar refractivity (Wildman–Crippen MR) is 80.0 cm³/mol. The number of urea groups is 1. The van der Waals surface area contributed by atoms with Crippen LogP contribution >= 0.6 is 0 Å². The minimum atomic E-state index is -0.766. The Bertz CT molecular complexity index is 506. The SMILES string of the molecule is CCc1nc(NC(=O)N2CCC[C@@H](C(C)(C)O)C2)nn1C. The summed E-state index contributed by atoms with van der Waals surface area (Å²) >= 11 is 0. The first kappa shape index (κ1) is 15.8. The van der Waals surface area contributed by atoms with E-state index in [1.807, 2.05) is 14.0 Å². The Hall–Kier alpha value is -1.63. The van der Waals surface area contributed by atoms with Crippen LogP contribution in [0.3, 0.4) is 0 Å². The fourth-order valence-electron chi connectivity index (χ4n) is 2.69. The molecule has 7 nitrogen and oxygen atoms in total. The number of aromatic nitrogens is 3. The number of aryl methyl sites for hydroxylation is 2. The Morgan fingerprint density at radius 3 is 2.81 bits per heavy atom. The van der Waals surface area contributed by atoms with Crippen LogP contribution in [0.4, 0.5) is 10.7 Å². The molecule has 118 valence electrons. The molecule has 7 heteroatoms. The van der Waals surface area contributed by atoms with Gasteiger partial charge in [0.15, 0.2) is 0 Å². The second kappa shape index (κ2) is 6.01. The van der Waals surface area contributed by atoms with Gasteiger partial charge in [-0.05, 0) is 26.7 Å². The van der Waals surface area contributed by atoms with Crippen LogP contribution in [0.2, 0.25) is 0 Å². The summed E-state index contributed by atoms with van der Waals surface area (Å²) < 4.78 is 1.67. The molecule has 0 aromatic carbocycles. The highest BCUT2D eigenvalue weighted by atomic mass is 16.3. The number of amides is 2. The zero-order valence-electron chi connectivity index (χ0n) is 13.3. The number of rotatable bonds is 3. The maximum absolute atomic E-state index is 12.3. The first-order chi connectivity index (χ1) is 9.81. The lowest BCUT2D eigenvalue weighted by molar-refractivity contribution is -0.00973. The molecule has 1 aliphatic rings. The summed E-state index contributed by atoms with van der Waals surface area (Å²) in [6.45, 7) is 6.85. The Balaban J connectivity index is 1.99. The van der Waals surface area contributed by atoms with Crippen molar-refractivity contribution in [2.45, 2.75) is 45.6 Å². The quantitative estimate of drug-likeness (QED) is 0.882. The Morgan fingerprint density at radius 2 is 2.24 bits per heavy atom. The molecule has 0 unspecified atom stereocenters. The van der Waals surface area contributed by atoms with Crippen molar-refractivity contribution in [2.75, 3.05) is 18.4 Å². The molecule has 1 fully saturated rings. The maximum Gasteiger partial charge on any atom is 0.324 e. The monoisotopic (exact) mass is 295 g/mol. The van der Waals surface area contributed by atoms with Crippen molar-refractivity contribution in [1.29, 1.82) is 0 Å². The number of piperidine rings is 1. The van der Waals surface area contributed by atoms with Gasteiger partial charge in [-0.3, -0.25) is 10.00 Å². The van der Waals surface area contributed by atoms with Crippen LogP contribution in [-0.4, -0.2) is 49.5 Å². The highest BCUT2D eigenvalue weighted by Crippen LogP contribution is 2.27. The lowest BCUT2D eigenvalue weighted by Gasteiger charge is -2.38. The van der Waals surface area contributed by atoms with Gasteiger partial charge in [0, 0.05) is 32.5 Å². The van der Waals surface area contributed by atoms with E-state index in [1.165, 1.54) is 0 Å². The number of likely N-dealkylation sites (tertiary alicyclic amines) is 1. The Kier molecular flexibility index (Phi) is 4.51. The van der Waals surface area contributed by atoms with E-state index in [9.17, 15) is 9.90 Å². The number of aliphatic hydroxyl groups is 1. The molecule has 2 heterocycles. The molecule has 0 bridgehead atoms. The van der Waals surface area contributed by atoms with Crippen LogP contribution in [0, 0.1) is 5.92 Å². The van der Waals surface area contributed by atoms with Crippen LogP contribution in [0.1, 0.15) is 39.4 Å². The van der Waals surface area contributed by atoms with Crippen molar-refractivity contribution in [3.63, 3.8) is 0 Å². The van der Waals surface area contributed by atoms with Crippen LogP contribution in [0.15, 0.2) is 0 Å². The highest BCUT2D eigenvalue weighted by Gasteiger charge is 2.33. The molecule has 2 rings (SSSR count). The molecule has 0 saturated carbocycles. The average Bonchev–Trinajstić information content (AvgIpc) is 2.78. The number of nitrogens with zero attached hydrogens (tertiary/aromatic N) is 4. The number of anilines is 1. The summed E-state index contributed by atoms with van der Waals surface area (Å²) in [5, 5.41) is 17.0. The normalized spacial score (nSPS) is 19.7. The van der Waals surface area contributed by atoms with Gasteiger partial charge in [0.25, 0.3) is 0 Å². The van der Waals surface area contributed by atoms with E-state index in [-0.39, 0.29) is 11.9 Å². The molecule has 1 saturated heterocycles. The van der Waals surface area contributed by atoms with E-state index < -0.39 is 5.60 Å². The van der Waals surface area contributed by atoms with Crippen molar-refractivity contribution in [3.05, 3.63) is 5.82 Å². The van der Waals surface area contributed by atoms with E-state index in [1.54, 1.807) is 23.4 Å². The van der Waals surface area contributed by atoms with Crippen LogP contribution in [0.5, 0.6) is 0 Å². The third-order valence-corrected chi connectivity index (χ3v) is 4.10. The van der Waals surface area contributed by atoms with E-state index >= 15 is 0 Å². The molecule has 1 aliphatic heterocycles. The molecule has 1 atom stereocenters. The lowest BCUT2D eigenvalue weighted by Crippen LogP contribution is -2.48. The lowest BCUT2D eigenvalue weighted by atomic mass is 9.84. The predicted octanol–water partition coefficient (Wildman–Crippen LogP) is 1.39. The van der Waals surface area contributed by atoms with Crippen LogP contribution in [-0.2, 0) is 13.5 Å². The number of carbonyl (C=O) groups excluding carboxylic acids is 1. The number of hydrogen-bond acceptors (Lipinski definition) is 4. The fraction of sp³-hybridized carbons (Fsp3) is 0.786. The summed E-state index contributed by atoms with van der Waals surface area (Å²) in [6, 6.07) is -0.197. The second-order valence-corrected chi connectivity index (χ2v) is 6.20. The van der Waals surface area contributed by atoms with E-state index in [0.717, 1.165) is 25.1 Å². The molecular formula is C14H25N5O2. The molecule has 2 N–H and O–H groups in total. The average molecular weight is 295 g/mol. The topological polar surface area (TPSA) is 83.3 Å². The van der Waals surface area contributed by atoms with Crippen LogP contribution in [0.25, 0.3) is 0 Å². The Morgan fingerprint density at radius 1 is 1.52 bits per heavy atom. The summed E-state index contributed by atoms with van der Waals surface area (Å²) in [5.41, 5.74) is -0.766. The number of hydrogen-bond donors (Lipinski definition) is 2. The van der Waals surface area contributed by atoms with Gasteiger partial charge in [-0.1, -0.05) is 6.92 Å². The molecule has 1 aromatic heterocycles. The van der Waals surface area contributed by atoms with Crippen molar-refractivity contribution in [2.24, 2.45) is 13.0 Å². The first-order valence-electron chi connectivity index (χ1n) is 7.49. The van der Waals surface area contributed by atoms with E-state index in [4.69, 9.17) is 0 Å². The second-order valence-electron chi connectivity index (χ2n) is 6.20. The standard InChI is InChI=1S/C14H25N5O2/c1-5-11-15-12(17-18(11)4)16-13(20)19-8-6-7-10(9-19)14(2,3)21/h10,21H,5-9H2,1-4H3,(H,16,17,20)/t10-/m1/s1. The van der Waals surface area contributed by atoms with Gasteiger partial charge in [-0.15, -0.1) is 5.10 Å². The van der Waals surface area contributed by atoms with Gasteiger partial charge in [-0.25, -0.2) is 4.79 Å². The summed E-state index contributed by atoms with van der Waals surface area (Å²) in [5.74, 6) is 1.27. The minimum absolute atomic E-state index is 0.0971. The van der Waals surface area contributed by atoms with E-state index in [2.05, 4.69) is 15.4 Å². The first-order valence-corrected chi connectivity index (χ1v) is 7.49. The summed E-state index contributed by atoms with van der Waals surface area (Å²) in [6.07, 6.45) is 2.61. The summed E-state index contributed by atoms with van der Waals surface area (Å²) in [7, 11) is 1.81. The number of nitrogens with one attached hydrogen (secondary N) is 1. The largest absolute Gasteiger partial charge is 0.390 e. The maximum atomic E-state index is 12.3. The molecule has 0 spiro atoms. The van der Waals surface area contributed by atoms with E-state index in [0.29, 0.717) is 19.0 Å². The minimum Gasteiger partial charge on any atom is -0.390 e. The van der Waals surface area contributed by atoms with Gasteiger partial charge in [-0.2, -0.15) is 4.98 Å². The van der Waals surface area contributed by atoms with Crippen molar-refractivity contribution in [1.82, 2.24) is 19.7 Å². The smallest absolute Gasteiger partial charge is 0.324 e. The van der Waals surface area contributed by atoms with Gasteiger partial charge in [0.1, 0.15) is 5.82 Å². The van der Waals surface area contributed by atoms with Gasteiger partial charge < -0.3 is 10.0 Å². The van der Waals surface area contributed by atoms with Gasteiger partial charge in [0.05, 0.1) is 5.60 Å². The molecular weight excluding hydrogens is 270 g/mol. The van der Waals surface area contributed by atoms with Crippen molar-refractivity contribution in [3.8, 4) is 0 Å². The summed E-state index contributed by atoms with van der Waals surface area (Å²) in [4.78, 5) is 18.3. The zero-order chi connectivity index (χ0) is 15.6. The van der Waals surface area contributed by atoms with Crippen molar-refractivity contribution < 1.29 is 9.90 Å². The molecule has 0 aliphatic carbocycles. The number of carbonyl (C=O) groups is 1. The molecule has 21 heavy (non-hydrogen) atoms. The van der Waals surface area contributed by atoms with Gasteiger partial charge >= 0.3 is 6.03 Å².